The van der Waals surface area contributed by atoms with Crippen LogP contribution in [0.15, 0.2) is 53.4 Å². The highest BCUT2D eigenvalue weighted by Gasteiger charge is 2.17. The Morgan fingerprint density at radius 3 is 2.68 bits per heavy atom. The molecule has 1 aliphatic heterocycles. The van der Waals surface area contributed by atoms with Gasteiger partial charge in [-0.1, -0.05) is 12.1 Å². The summed E-state index contributed by atoms with van der Waals surface area (Å²) >= 11 is 0. The fourth-order valence-corrected chi connectivity index (χ4v) is 3.84. The van der Waals surface area contributed by atoms with Gasteiger partial charge in [-0.15, -0.1) is 0 Å². The monoisotopic (exact) mass is 398 g/mol. The van der Waals surface area contributed by atoms with E-state index in [9.17, 15) is 8.42 Å². The van der Waals surface area contributed by atoms with Crippen LogP contribution in [-0.4, -0.2) is 49.6 Å². The molecular weight excluding hydrogens is 376 g/mol. The first-order valence-electron chi connectivity index (χ1n) is 9.14. The number of nitrogens with one attached hydrogen (secondary N) is 2. The van der Waals surface area contributed by atoms with Crippen LogP contribution in [0, 0.1) is 5.92 Å². The van der Waals surface area contributed by atoms with Gasteiger partial charge in [0.05, 0.1) is 11.5 Å². The van der Waals surface area contributed by atoms with E-state index in [0.29, 0.717) is 17.6 Å². The summed E-state index contributed by atoms with van der Waals surface area (Å²) < 4.78 is 28.7. The SMILES string of the molecule is CS(=O)(=O)c1ccc(-c2n[nH]c(-c3ccccc3NCC3CCOC3)n2)cc1. The van der Waals surface area contributed by atoms with Gasteiger partial charge in [0.15, 0.2) is 21.5 Å². The predicted octanol–water partition coefficient (Wildman–Crippen LogP) is 2.99. The minimum atomic E-state index is -3.22. The number of para-hydroxylation sites is 1. The average Bonchev–Trinajstić information content (AvgIpc) is 3.38. The molecule has 1 atom stereocenters. The zero-order chi connectivity index (χ0) is 19.6. The molecule has 7 nitrogen and oxygen atoms in total. The van der Waals surface area contributed by atoms with Gasteiger partial charge in [-0.3, -0.25) is 5.10 Å². The third-order valence-electron chi connectivity index (χ3n) is 4.81. The summed E-state index contributed by atoms with van der Waals surface area (Å²) in [6.45, 7) is 2.48. The van der Waals surface area contributed by atoms with Crippen molar-refractivity contribution in [2.75, 3.05) is 31.3 Å². The average molecular weight is 398 g/mol. The Balaban J connectivity index is 1.56. The second-order valence-corrected chi connectivity index (χ2v) is 8.98. The van der Waals surface area contributed by atoms with E-state index in [1.54, 1.807) is 24.3 Å². The van der Waals surface area contributed by atoms with Crippen molar-refractivity contribution >= 4 is 15.5 Å². The maximum absolute atomic E-state index is 11.6. The number of hydrogen-bond donors (Lipinski definition) is 2. The van der Waals surface area contributed by atoms with Crippen molar-refractivity contribution in [1.29, 1.82) is 0 Å². The molecule has 1 aromatic heterocycles. The molecule has 1 saturated heterocycles. The Morgan fingerprint density at radius 1 is 1.18 bits per heavy atom. The van der Waals surface area contributed by atoms with Gasteiger partial charge in [0.2, 0.25) is 0 Å². The fourth-order valence-electron chi connectivity index (χ4n) is 3.20. The summed E-state index contributed by atoms with van der Waals surface area (Å²) in [4.78, 5) is 4.88. The number of hydrogen-bond acceptors (Lipinski definition) is 6. The normalized spacial score (nSPS) is 17.0. The molecule has 2 N–H and O–H groups in total. The van der Waals surface area contributed by atoms with Crippen LogP contribution in [0.2, 0.25) is 0 Å². The molecule has 3 aromatic rings. The number of H-pyrrole nitrogens is 1. The molecule has 0 aliphatic carbocycles. The van der Waals surface area contributed by atoms with E-state index in [-0.39, 0.29) is 4.90 Å². The van der Waals surface area contributed by atoms with Crippen molar-refractivity contribution in [3.05, 3.63) is 48.5 Å². The molecule has 0 radical (unpaired) electrons. The minimum Gasteiger partial charge on any atom is -0.384 e. The number of sulfone groups is 1. The van der Waals surface area contributed by atoms with Crippen molar-refractivity contribution in [3.8, 4) is 22.8 Å². The van der Waals surface area contributed by atoms with Crippen molar-refractivity contribution in [2.24, 2.45) is 5.92 Å². The van der Waals surface area contributed by atoms with Crippen LogP contribution in [0.4, 0.5) is 5.69 Å². The van der Waals surface area contributed by atoms with Crippen molar-refractivity contribution in [2.45, 2.75) is 11.3 Å². The first-order chi connectivity index (χ1) is 13.5. The maximum Gasteiger partial charge on any atom is 0.181 e. The highest BCUT2D eigenvalue weighted by atomic mass is 32.2. The lowest BCUT2D eigenvalue weighted by Crippen LogP contribution is -2.14. The molecule has 8 heteroatoms. The van der Waals surface area contributed by atoms with E-state index >= 15 is 0 Å². The Hall–Kier alpha value is -2.71. The predicted molar refractivity (Wildman–Crippen MR) is 108 cm³/mol. The minimum absolute atomic E-state index is 0.275. The van der Waals surface area contributed by atoms with Crippen molar-refractivity contribution in [1.82, 2.24) is 15.2 Å². The van der Waals surface area contributed by atoms with Crippen LogP contribution in [0.5, 0.6) is 0 Å². The third-order valence-corrected chi connectivity index (χ3v) is 5.94. The van der Waals surface area contributed by atoms with Gasteiger partial charge in [-0.25, -0.2) is 13.4 Å². The van der Waals surface area contributed by atoms with Crippen LogP contribution in [0.25, 0.3) is 22.8 Å². The Morgan fingerprint density at radius 2 is 1.96 bits per heavy atom. The highest BCUT2D eigenvalue weighted by Crippen LogP contribution is 2.27. The van der Waals surface area contributed by atoms with Crippen LogP contribution in [-0.2, 0) is 14.6 Å². The number of aromatic amines is 1. The van der Waals surface area contributed by atoms with Crippen LogP contribution >= 0.6 is 0 Å². The third kappa shape index (κ3) is 4.07. The Kier molecular flexibility index (Phi) is 5.15. The maximum atomic E-state index is 11.6. The number of anilines is 1. The summed E-state index contributed by atoms with van der Waals surface area (Å²) in [5.41, 5.74) is 2.68. The first kappa shape index (κ1) is 18.6. The zero-order valence-corrected chi connectivity index (χ0v) is 16.4. The quantitative estimate of drug-likeness (QED) is 0.663. The number of rotatable bonds is 6. The topological polar surface area (TPSA) is 97.0 Å². The smallest absolute Gasteiger partial charge is 0.181 e. The van der Waals surface area contributed by atoms with Gasteiger partial charge in [0.25, 0.3) is 0 Å². The van der Waals surface area contributed by atoms with E-state index in [2.05, 4.69) is 20.5 Å². The van der Waals surface area contributed by atoms with Gasteiger partial charge in [0, 0.05) is 42.1 Å². The van der Waals surface area contributed by atoms with Crippen molar-refractivity contribution < 1.29 is 13.2 Å². The van der Waals surface area contributed by atoms with Crippen LogP contribution in [0.1, 0.15) is 6.42 Å². The molecule has 146 valence electrons. The highest BCUT2D eigenvalue weighted by molar-refractivity contribution is 7.90. The first-order valence-corrected chi connectivity index (χ1v) is 11.0. The van der Waals surface area contributed by atoms with Gasteiger partial charge >= 0.3 is 0 Å². The zero-order valence-electron chi connectivity index (χ0n) is 15.6. The lowest BCUT2D eigenvalue weighted by molar-refractivity contribution is 0.187. The summed E-state index contributed by atoms with van der Waals surface area (Å²) in [6.07, 6.45) is 2.26. The summed E-state index contributed by atoms with van der Waals surface area (Å²) in [5, 5.41) is 10.8. The largest absolute Gasteiger partial charge is 0.384 e. The lowest BCUT2D eigenvalue weighted by Gasteiger charge is -2.13. The summed E-state index contributed by atoms with van der Waals surface area (Å²) in [6, 6.07) is 14.5. The molecule has 1 unspecified atom stereocenters. The molecule has 2 heterocycles. The van der Waals surface area contributed by atoms with Crippen molar-refractivity contribution in [3.63, 3.8) is 0 Å². The molecule has 0 bridgehead atoms. The molecule has 0 amide bonds. The summed E-state index contributed by atoms with van der Waals surface area (Å²) in [5.74, 6) is 1.70. The van der Waals surface area contributed by atoms with Crippen LogP contribution < -0.4 is 5.32 Å². The fraction of sp³-hybridized carbons (Fsp3) is 0.300. The number of benzene rings is 2. The Bertz CT molecular complexity index is 1060. The van der Waals surface area contributed by atoms with Gasteiger partial charge < -0.3 is 10.1 Å². The van der Waals surface area contributed by atoms with E-state index in [4.69, 9.17) is 4.74 Å². The van der Waals surface area contributed by atoms with E-state index in [0.717, 1.165) is 43.0 Å². The molecule has 0 spiro atoms. The summed E-state index contributed by atoms with van der Waals surface area (Å²) in [7, 11) is -3.22. The number of ether oxygens (including phenoxy) is 1. The van der Waals surface area contributed by atoms with Gasteiger partial charge in [-0.05, 0) is 42.8 Å². The number of aromatic nitrogens is 3. The molecule has 1 fully saturated rings. The molecule has 0 saturated carbocycles. The Labute approximate surface area is 164 Å². The molecular formula is C20H22N4O3S. The van der Waals surface area contributed by atoms with Gasteiger partial charge in [-0.2, -0.15) is 5.10 Å². The molecule has 1 aliphatic rings. The molecule has 4 rings (SSSR count). The van der Waals surface area contributed by atoms with E-state index in [1.165, 1.54) is 6.26 Å². The standard InChI is InChI=1S/C20H22N4O3S/c1-28(25,26)16-8-6-15(7-9-16)19-22-20(24-23-19)17-4-2-3-5-18(17)21-12-14-10-11-27-13-14/h2-9,14,21H,10-13H2,1H3,(H,22,23,24). The molecule has 2 aromatic carbocycles. The second-order valence-electron chi connectivity index (χ2n) is 6.96. The number of nitrogens with zero attached hydrogens (tertiary/aromatic N) is 2. The second kappa shape index (κ2) is 7.73. The van der Waals surface area contributed by atoms with E-state index in [1.807, 2.05) is 24.3 Å². The molecule has 28 heavy (non-hydrogen) atoms. The van der Waals surface area contributed by atoms with Crippen LogP contribution in [0.3, 0.4) is 0 Å². The van der Waals surface area contributed by atoms with E-state index < -0.39 is 9.84 Å². The lowest BCUT2D eigenvalue weighted by atomic mass is 10.1. The van der Waals surface area contributed by atoms with Gasteiger partial charge in [0.1, 0.15) is 0 Å².